The maximum absolute atomic E-state index is 5.68. The van der Waals surface area contributed by atoms with Crippen LogP contribution in [-0.4, -0.2) is 15.0 Å². The number of fused-ring (bicyclic) bond motifs is 9. The zero-order valence-electron chi connectivity index (χ0n) is 31.7. The van der Waals surface area contributed by atoms with Crippen LogP contribution in [0.25, 0.3) is 76.8 Å². The summed E-state index contributed by atoms with van der Waals surface area (Å²) in [6.07, 6.45) is -0.227. The minimum Gasteiger partial charge on any atom is -0.345 e. The van der Waals surface area contributed by atoms with Gasteiger partial charge in [0.1, 0.15) is 12.0 Å². The third kappa shape index (κ3) is 4.65. The van der Waals surface area contributed by atoms with Crippen LogP contribution in [0, 0.1) is 0 Å². The van der Waals surface area contributed by atoms with E-state index in [1.54, 1.807) is 0 Å². The lowest BCUT2D eigenvalue weighted by Crippen LogP contribution is -2.37. The molecular weight excluding hydrogens is 693 g/mol. The third-order valence-corrected chi connectivity index (χ3v) is 12.5. The van der Waals surface area contributed by atoms with E-state index in [4.69, 9.17) is 4.99 Å². The monoisotopic (exact) mass is 730 g/mol. The summed E-state index contributed by atoms with van der Waals surface area (Å²) in [5.41, 5.74) is 13.9. The molecule has 1 atom stereocenters. The molecule has 0 amide bonds. The van der Waals surface area contributed by atoms with Crippen LogP contribution in [0.5, 0.6) is 0 Å². The number of allylic oxidation sites excluding steroid dienone is 1. The lowest BCUT2D eigenvalue weighted by molar-refractivity contribution is 0.584. The van der Waals surface area contributed by atoms with Gasteiger partial charge in [0.2, 0.25) is 0 Å². The van der Waals surface area contributed by atoms with Gasteiger partial charge >= 0.3 is 0 Å². The molecular formula is C53H38N4. The van der Waals surface area contributed by atoms with Crippen molar-refractivity contribution in [1.82, 2.24) is 14.5 Å². The SMILES string of the molecule is CC1(C)C2=C(c3ccc(-c4ccccc4)cc31)[C@@H](n1c3ccccc3c3cc4ccccc4cc31)NC(c1ccc3c4ccccc4n(-c4ccccc4)c3c1)=N2. The number of nitrogens with zero attached hydrogens (tertiary/aromatic N) is 3. The number of rotatable bonds is 4. The van der Waals surface area contributed by atoms with Crippen molar-refractivity contribution in [2.75, 3.05) is 0 Å². The molecule has 0 bridgehead atoms. The topological polar surface area (TPSA) is 34.2 Å². The average molecular weight is 731 g/mol. The first kappa shape index (κ1) is 32.1. The fraction of sp³-hybridized carbons (Fsp3) is 0.0755. The van der Waals surface area contributed by atoms with Crippen molar-refractivity contribution in [2.24, 2.45) is 4.99 Å². The second kappa shape index (κ2) is 11.9. The Morgan fingerprint density at radius 2 is 1.12 bits per heavy atom. The standard InChI is InChI=1S/C53H38N4/c1-53(2)44-30-36(33-15-5-3-6-16-33)25-28-42(44)49-50(53)54-51(37-26-27-41-39-21-11-13-23-45(39)56(47(41)32-37)38-19-7-4-8-20-38)55-52(49)57-46-24-14-12-22-40(46)43-29-34-17-9-10-18-35(34)31-48(43)57/h3-32,52H,1-2H3,(H,54,55)/t52-/m1/s1. The van der Waals surface area contributed by atoms with E-state index in [9.17, 15) is 0 Å². The van der Waals surface area contributed by atoms with E-state index in [1.807, 2.05) is 0 Å². The van der Waals surface area contributed by atoms with Gasteiger partial charge in [-0.15, -0.1) is 0 Å². The van der Waals surface area contributed by atoms with Gasteiger partial charge in [-0.3, -0.25) is 0 Å². The van der Waals surface area contributed by atoms with Gasteiger partial charge in [0.25, 0.3) is 0 Å². The number of hydrogen-bond acceptors (Lipinski definition) is 2. The summed E-state index contributed by atoms with van der Waals surface area (Å²) in [6.45, 7) is 4.70. The Balaban J connectivity index is 1.12. The van der Waals surface area contributed by atoms with E-state index in [0.717, 1.165) is 28.3 Å². The molecule has 0 saturated carbocycles. The lowest BCUT2D eigenvalue weighted by Gasteiger charge is -2.32. The molecule has 1 aliphatic carbocycles. The van der Waals surface area contributed by atoms with Crippen molar-refractivity contribution >= 4 is 65.8 Å². The van der Waals surface area contributed by atoms with Crippen molar-refractivity contribution in [3.8, 4) is 16.8 Å². The molecule has 2 aromatic heterocycles. The second-order valence-electron chi connectivity index (χ2n) is 16.0. The molecule has 10 aromatic rings. The number of aromatic nitrogens is 2. The number of benzene rings is 8. The maximum Gasteiger partial charge on any atom is 0.135 e. The largest absolute Gasteiger partial charge is 0.345 e. The van der Waals surface area contributed by atoms with Gasteiger partial charge in [-0.2, -0.15) is 0 Å². The molecule has 2 aliphatic rings. The molecule has 0 spiro atoms. The molecule has 4 heteroatoms. The van der Waals surface area contributed by atoms with E-state index >= 15 is 0 Å². The van der Waals surface area contributed by atoms with Gasteiger partial charge in [0, 0.05) is 43.8 Å². The van der Waals surface area contributed by atoms with Crippen LogP contribution in [0.1, 0.15) is 36.7 Å². The molecule has 270 valence electrons. The summed E-state index contributed by atoms with van der Waals surface area (Å²) < 4.78 is 4.93. The van der Waals surface area contributed by atoms with Gasteiger partial charge in [-0.1, -0.05) is 147 Å². The fourth-order valence-corrected chi connectivity index (χ4v) is 9.80. The molecule has 1 aliphatic heterocycles. The third-order valence-electron chi connectivity index (χ3n) is 12.5. The van der Waals surface area contributed by atoms with Crippen LogP contribution in [0.15, 0.2) is 193 Å². The zero-order valence-corrected chi connectivity index (χ0v) is 31.7. The summed E-state index contributed by atoms with van der Waals surface area (Å²) in [6, 6.07) is 66.3. The van der Waals surface area contributed by atoms with Gasteiger partial charge in [0.15, 0.2) is 0 Å². The van der Waals surface area contributed by atoms with Crippen molar-refractivity contribution in [3.05, 3.63) is 204 Å². The first-order chi connectivity index (χ1) is 28.0. The minimum absolute atomic E-state index is 0.227. The van der Waals surface area contributed by atoms with Gasteiger partial charge < -0.3 is 14.5 Å². The Labute approximate surface area is 330 Å². The number of amidine groups is 1. The smallest absolute Gasteiger partial charge is 0.135 e. The molecule has 0 saturated heterocycles. The molecule has 0 fully saturated rings. The summed E-state index contributed by atoms with van der Waals surface area (Å²) in [5, 5.41) is 11.5. The molecule has 1 N–H and O–H groups in total. The van der Waals surface area contributed by atoms with Crippen LogP contribution >= 0.6 is 0 Å². The maximum atomic E-state index is 5.68. The minimum atomic E-state index is -0.352. The van der Waals surface area contributed by atoms with E-state index in [0.29, 0.717) is 0 Å². The van der Waals surface area contributed by atoms with Crippen molar-refractivity contribution in [3.63, 3.8) is 0 Å². The summed E-state index contributed by atoms with van der Waals surface area (Å²) >= 11 is 0. The Morgan fingerprint density at radius 1 is 0.491 bits per heavy atom. The second-order valence-corrected chi connectivity index (χ2v) is 16.0. The van der Waals surface area contributed by atoms with Crippen molar-refractivity contribution in [1.29, 1.82) is 0 Å². The lowest BCUT2D eigenvalue weighted by atomic mass is 9.83. The normalized spacial score (nSPS) is 16.0. The van der Waals surface area contributed by atoms with Gasteiger partial charge in [-0.05, 0) is 81.6 Å². The zero-order chi connectivity index (χ0) is 37.8. The van der Waals surface area contributed by atoms with E-state index in [2.05, 4.69) is 210 Å². The predicted molar refractivity (Wildman–Crippen MR) is 238 cm³/mol. The molecule has 12 rings (SSSR count). The Bertz CT molecular complexity index is 3340. The molecule has 0 radical (unpaired) electrons. The van der Waals surface area contributed by atoms with E-state index < -0.39 is 0 Å². The molecule has 8 aromatic carbocycles. The summed E-state index contributed by atoms with van der Waals surface area (Å²) in [4.78, 5) is 5.68. The van der Waals surface area contributed by atoms with E-state index in [1.165, 1.54) is 76.7 Å². The summed E-state index contributed by atoms with van der Waals surface area (Å²) in [5.74, 6) is 0.876. The van der Waals surface area contributed by atoms with Crippen LogP contribution in [0.2, 0.25) is 0 Å². The first-order valence-electron chi connectivity index (χ1n) is 19.8. The molecule has 0 unspecified atom stereocenters. The van der Waals surface area contributed by atoms with E-state index in [-0.39, 0.29) is 11.6 Å². The first-order valence-corrected chi connectivity index (χ1v) is 19.8. The van der Waals surface area contributed by atoms with Crippen LogP contribution in [0.4, 0.5) is 0 Å². The van der Waals surface area contributed by atoms with Crippen LogP contribution in [0.3, 0.4) is 0 Å². The Morgan fingerprint density at radius 3 is 1.91 bits per heavy atom. The molecule has 4 nitrogen and oxygen atoms in total. The molecule has 3 heterocycles. The van der Waals surface area contributed by atoms with Gasteiger partial charge in [-0.25, -0.2) is 4.99 Å². The Hall–Kier alpha value is -7.17. The van der Waals surface area contributed by atoms with Crippen LogP contribution in [-0.2, 0) is 5.41 Å². The Kier molecular flexibility index (Phi) is 6.71. The predicted octanol–water partition coefficient (Wildman–Crippen LogP) is 13.0. The molecule has 57 heavy (non-hydrogen) atoms. The highest BCUT2D eigenvalue weighted by Gasteiger charge is 2.44. The highest BCUT2D eigenvalue weighted by atomic mass is 15.2. The number of nitrogens with one attached hydrogen (secondary N) is 1. The average Bonchev–Trinajstić information content (AvgIpc) is 3.85. The van der Waals surface area contributed by atoms with Gasteiger partial charge in [0.05, 0.1) is 27.8 Å². The van der Waals surface area contributed by atoms with Crippen LogP contribution < -0.4 is 5.32 Å². The van der Waals surface area contributed by atoms with Crippen molar-refractivity contribution in [2.45, 2.75) is 25.4 Å². The quantitative estimate of drug-likeness (QED) is 0.192. The highest BCUT2D eigenvalue weighted by molar-refractivity contribution is 6.15. The number of hydrogen-bond donors (Lipinski definition) is 1. The number of aliphatic imine (C=N–C) groups is 1. The van der Waals surface area contributed by atoms with Crippen molar-refractivity contribution < 1.29 is 0 Å². The summed E-state index contributed by atoms with van der Waals surface area (Å²) in [7, 11) is 0. The number of para-hydroxylation sites is 3. The fourth-order valence-electron chi connectivity index (χ4n) is 9.80. The highest BCUT2D eigenvalue weighted by Crippen LogP contribution is 2.53.